The second-order valence-electron chi connectivity index (χ2n) is 5.41. The highest BCUT2D eigenvalue weighted by Crippen LogP contribution is 2.20. The van der Waals surface area contributed by atoms with Crippen LogP contribution in [-0.4, -0.2) is 34.8 Å². The normalized spacial score (nSPS) is 10.3. The lowest BCUT2D eigenvalue weighted by Gasteiger charge is -2.20. The van der Waals surface area contributed by atoms with Gasteiger partial charge in [0.25, 0.3) is 0 Å². The number of rotatable bonds is 5. The Kier molecular flexibility index (Phi) is 6.49. The summed E-state index contributed by atoms with van der Waals surface area (Å²) in [6, 6.07) is 9.24. The van der Waals surface area contributed by atoms with Crippen molar-refractivity contribution in [2.75, 3.05) is 18.4 Å². The molecule has 0 atom stereocenters. The first-order valence-electron chi connectivity index (χ1n) is 7.76. The van der Waals surface area contributed by atoms with Gasteiger partial charge in [0, 0.05) is 35.6 Å². The third kappa shape index (κ3) is 4.89. The van der Waals surface area contributed by atoms with E-state index >= 15 is 0 Å². The van der Waals surface area contributed by atoms with Gasteiger partial charge in [0.2, 0.25) is 0 Å². The van der Waals surface area contributed by atoms with Crippen LogP contribution in [0.2, 0.25) is 0 Å². The number of pyridine rings is 1. The number of carbonyl (C=O) groups excluding carboxylic acids is 2. The molecule has 1 aromatic carbocycles. The van der Waals surface area contributed by atoms with Crippen LogP contribution in [0.3, 0.4) is 0 Å². The maximum absolute atomic E-state index is 12.3. The van der Waals surface area contributed by atoms with Gasteiger partial charge in [-0.1, -0.05) is 15.9 Å². The molecule has 0 bridgehead atoms. The van der Waals surface area contributed by atoms with Crippen LogP contribution in [0.4, 0.5) is 5.69 Å². The molecule has 2 aromatic rings. The van der Waals surface area contributed by atoms with E-state index in [2.05, 4.69) is 26.2 Å². The number of benzene rings is 1. The number of anilines is 1. The summed E-state index contributed by atoms with van der Waals surface area (Å²) < 4.78 is 0.958. The summed E-state index contributed by atoms with van der Waals surface area (Å²) in [5.74, 6) is -1.14. The Morgan fingerprint density at radius 1 is 1.21 bits per heavy atom. The van der Waals surface area contributed by atoms with Crippen molar-refractivity contribution >= 4 is 33.4 Å². The van der Waals surface area contributed by atoms with E-state index < -0.39 is 11.8 Å². The summed E-state index contributed by atoms with van der Waals surface area (Å²) in [5, 5.41) is 2.66. The molecule has 0 spiro atoms. The van der Waals surface area contributed by atoms with Crippen molar-refractivity contribution in [3.05, 3.63) is 58.3 Å². The smallest absolute Gasteiger partial charge is 0.313 e. The third-order valence-corrected chi connectivity index (χ3v) is 4.59. The highest BCUT2D eigenvalue weighted by Gasteiger charge is 2.20. The average Bonchev–Trinajstić information content (AvgIpc) is 2.59. The minimum atomic E-state index is -0.617. The molecular formula is C18H20BrN3O2. The fraction of sp³-hybridized carbons (Fsp3) is 0.278. The quantitative estimate of drug-likeness (QED) is 0.798. The zero-order chi connectivity index (χ0) is 17.5. The molecule has 0 saturated carbocycles. The van der Waals surface area contributed by atoms with Crippen molar-refractivity contribution < 1.29 is 9.59 Å². The molecule has 1 heterocycles. The highest BCUT2D eigenvalue weighted by molar-refractivity contribution is 9.10. The molecule has 2 rings (SSSR count). The van der Waals surface area contributed by atoms with E-state index in [1.165, 1.54) is 0 Å². The number of hydrogen-bond acceptors (Lipinski definition) is 3. The van der Waals surface area contributed by atoms with Gasteiger partial charge >= 0.3 is 11.8 Å². The van der Waals surface area contributed by atoms with Gasteiger partial charge in [-0.15, -0.1) is 0 Å². The SMILES string of the molecule is CCN(CCc1ccncc1)C(=O)C(=O)Nc1ccc(Br)c(C)c1. The molecule has 0 radical (unpaired) electrons. The molecule has 0 unspecified atom stereocenters. The molecule has 0 aliphatic heterocycles. The van der Waals surface area contributed by atoms with E-state index in [0.29, 0.717) is 25.2 Å². The number of hydrogen-bond donors (Lipinski definition) is 1. The minimum absolute atomic E-state index is 0.483. The second-order valence-corrected chi connectivity index (χ2v) is 6.26. The number of amides is 2. The van der Waals surface area contributed by atoms with E-state index in [1.54, 1.807) is 23.4 Å². The van der Waals surface area contributed by atoms with Crippen molar-refractivity contribution in [2.24, 2.45) is 0 Å². The number of aryl methyl sites for hydroxylation is 1. The number of nitrogens with zero attached hydrogens (tertiary/aromatic N) is 2. The molecule has 24 heavy (non-hydrogen) atoms. The van der Waals surface area contributed by atoms with Crippen molar-refractivity contribution in [3.63, 3.8) is 0 Å². The largest absolute Gasteiger partial charge is 0.334 e. The molecule has 1 aromatic heterocycles. The van der Waals surface area contributed by atoms with Gasteiger partial charge in [0.1, 0.15) is 0 Å². The van der Waals surface area contributed by atoms with E-state index in [0.717, 1.165) is 15.6 Å². The van der Waals surface area contributed by atoms with Crippen molar-refractivity contribution in [1.29, 1.82) is 0 Å². The first-order chi connectivity index (χ1) is 11.5. The van der Waals surface area contributed by atoms with Gasteiger partial charge < -0.3 is 10.2 Å². The standard InChI is InChI=1S/C18H20BrN3O2/c1-3-22(11-8-14-6-9-20-10-7-14)18(24)17(23)21-15-4-5-16(19)13(2)12-15/h4-7,9-10,12H,3,8,11H2,1-2H3,(H,21,23). The van der Waals surface area contributed by atoms with Gasteiger partial charge in [0.05, 0.1) is 0 Å². The Labute approximate surface area is 150 Å². The highest BCUT2D eigenvalue weighted by atomic mass is 79.9. The van der Waals surface area contributed by atoms with Crippen LogP contribution in [0, 0.1) is 6.92 Å². The first-order valence-corrected chi connectivity index (χ1v) is 8.56. The maximum Gasteiger partial charge on any atom is 0.313 e. The van der Waals surface area contributed by atoms with Crippen LogP contribution in [0.15, 0.2) is 47.2 Å². The molecule has 2 amide bonds. The minimum Gasteiger partial charge on any atom is -0.334 e. The maximum atomic E-state index is 12.3. The summed E-state index contributed by atoms with van der Waals surface area (Å²) in [7, 11) is 0. The Balaban J connectivity index is 1.96. The van der Waals surface area contributed by atoms with Gasteiger partial charge in [-0.25, -0.2) is 0 Å². The zero-order valence-electron chi connectivity index (χ0n) is 13.8. The number of likely N-dealkylation sites (N-methyl/N-ethyl adjacent to an activating group) is 1. The summed E-state index contributed by atoms with van der Waals surface area (Å²) >= 11 is 3.41. The summed E-state index contributed by atoms with van der Waals surface area (Å²) in [6.07, 6.45) is 4.12. The van der Waals surface area contributed by atoms with Crippen LogP contribution in [0.5, 0.6) is 0 Å². The fourth-order valence-electron chi connectivity index (χ4n) is 2.27. The first kappa shape index (κ1) is 18.1. The molecule has 0 aliphatic carbocycles. The Morgan fingerprint density at radius 3 is 2.54 bits per heavy atom. The summed E-state index contributed by atoms with van der Waals surface area (Å²) in [6.45, 7) is 4.76. The molecule has 0 saturated heterocycles. The number of nitrogens with one attached hydrogen (secondary N) is 1. The molecule has 1 N–H and O–H groups in total. The Hall–Kier alpha value is -2.21. The fourth-order valence-corrected chi connectivity index (χ4v) is 2.51. The van der Waals surface area contributed by atoms with E-state index in [-0.39, 0.29) is 0 Å². The van der Waals surface area contributed by atoms with Crippen molar-refractivity contribution in [2.45, 2.75) is 20.3 Å². The zero-order valence-corrected chi connectivity index (χ0v) is 15.3. The van der Waals surface area contributed by atoms with Crippen LogP contribution in [0.25, 0.3) is 0 Å². The number of carbonyl (C=O) groups is 2. The van der Waals surface area contributed by atoms with Crippen LogP contribution in [0.1, 0.15) is 18.1 Å². The Bertz CT molecular complexity index is 719. The molecule has 126 valence electrons. The van der Waals surface area contributed by atoms with Crippen LogP contribution < -0.4 is 5.32 Å². The second kappa shape index (κ2) is 8.59. The monoisotopic (exact) mass is 389 g/mol. The van der Waals surface area contributed by atoms with Crippen LogP contribution >= 0.6 is 15.9 Å². The predicted molar refractivity (Wildman–Crippen MR) is 97.7 cm³/mol. The van der Waals surface area contributed by atoms with Crippen LogP contribution in [-0.2, 0) is 16.0 Å². The summed E-state index contributed by atoms with van der Waals surface area (Å²) in [5.41, 5.74) is 2.68. The van der Waals surface area contributed by atoms with Crippen molar-refractivity contribution in [1.82, 2.24) is 9.88 Å². The van der Waals surface area contributed by atoms with E-state index in [9.17, 15) is 9.59 Å². The molecular weight excluding hydrogens is 370 g/mol. The molecule has 0 fully saturated rings. The number of aromatic nitrogens is 1. The molecule has 6 heteroatoms. The summed E-state index contributed by atoms with van der Waals surface area (Å²) in [4.78, 5) is 30.1. The van der Waals surface area contributed by atoms with Gasteiger partial charge in [-0.3, -0.25) is 14.6 Å². The van der Waals surface area contributed by atoms with Crippen molar-refractivity contribution in [3.8, 4) is 0 Å². The van der Waals surface area contributed by atoms with E-state index in [4.69, 9.17) is 0 Å². The topological polar surface area (TPSA) is 62.3 Å². The Morgan fingerprint density at radius 2 is 1.92 bits per heavy atom. The van der Waals surface area contributed by atoms with E-state index in [1.807, 2.05) is 38.1 Å². The van der Waals surface area contributed by atoms with Gasteiger partial charge in [0.15, 0.2) is 0 Å². The lowest BCUT2D eigenvalue weighted by molar-refractivity contribution is -0.143. The average molecular weight is 390 g/mol. The molecule has 0 aliphatic rings. The molecule has 5 nitrogen and oxygen atoms in total. The number of halogens is 1. The lowest BCUT2D eigenvalue weighted by Crippen LogP contribution is -2.40. The third-order valence-electron chi connectivity index (χ3n) is 3.70. The van der Waals surface area contributed by atoms with Gasteiger partial charge in [-0.05, 0) is 61.7 Å². The van der Waals surface area contributed by atoms with Gasteiger partial charge in [-0.2, -0.15) is 0 Å². The lowest BCUT2D eigenvalue weighted by atomic mass is 10.2. The predicted octanol–water partition coefficient (Wildman–Crippen LogP) is 3.18.